The second kappa shape index (κ2) is 9.09. The second-order valence-electron chi connectivity index (χ2n) is 7.26. The average molecular weight is 425 g/mol. The molecule has 0 saturated heterocycles. The van der Waals surface area contributed by atoms with E-state index in [0.717, 1.165) is 11.4 Å². The number of rotatable bonds is 7. The van der Waals surface area contributed by atoms with Crippen LogP contribution < -0.4 is 5.32 Å². The molecule has 0 radical (unpaired) electrons. The third-order valence-electron chi connectivity index (χ3n) is 4.76. The van der Waals surface area contributed by atoms with E-state index in [4.69, 9.17) is 4.74 Å². The van der Waals surface area contributed by atoms with Gasteiger partial charge in [-0.05, 0) is 69.5 Å². The number of amides is 1. The van der Waals surface area contributed by atoms with Crippen molar-refractivity contribution in [3.63, 3.8) is 0 Å². The molecular weight excluding hydrogens is 400 g/mol. The number of aromatic nitrogens is 1. The standard InChI is InChI=1S/C23H24N2O4S/c1-14(2)25-15(3)12-19(16(25)4)20(26)13-29-23(28)17-7-9-18(10-8-17)24-22(27)21-6-5-11-30-21/h5-12,14H,13H2,1-4H3,(H,24,27). The Morgan fingerprint density at radius 3 is 2.37 bits per heavy atom. The highest BCUT2D eigenvalue weighted by atomic mass is 32.1. The molecule has 0 saturated carbocycles. The van der Waals surface area contributed by atoms with Crippen LogP contribution in [0.3, 0.4) is 0 Å². The Bertz CT molecular complexity index is 1060. The number of ether oxygens (including phenoxy) is 1. The Hall–Kier alpha value is -3.19. The van der Waals surface area contributed by atoms with E-state index in [9.17, 15) is 14.4 Å². The molecular formula is C23H24N2O4S. The number of thiophene rings is 1. The van der Waals surface area contributed by atoms with Crippen molar-refractivity contribution in [3.05, 3.63) is 75.2 Å². The Kier molecular flexibility index (Phi) is 6.52. The molecule has 30 heavy (non-hydrogen) atoms. The van der Waals surface area contributed by atoms with Crippen LogP contribution >= 0.6 is 11.3 Å². The van der Waals surface area contributed by atoms with Gasteiger partial charge in [-0.2, -0.15) is 0 Å². The van der Waals surface area contributed by atoms with Crippen LogP contribution in [0.2, 0.25) is 0 Å². The summed E-state index contributed by atoms with van der Waals surface area (Å²) in [5.41, 5.74) is 3.32. The highest BCUT2D eigenvalue weighted by Crippen LogP contribution is 2.21. The fourth-order valence-corrected chi connectivity index (χ4v) is 4.06. The number of carbonyl (C=O) groups excluding carboxylic acids is 3. The first-order chi connectivity index (χ1) is 14.3. The van der Waals surface area contributed by atoms with E-state index >= 15 is 0 Å². The molecule has 0 aliphatic carbocycles. The van der Waals surface area contributed by atoms with E-state index in [1.807, 2.05) is 25.3 Å². The van der Waals surface area contributed by atoms with Crippen LogP contribution in [0.1, 0.15) is 61.7 Å². The molecule has 0 spiro atoms. The molecule has 1 aromatic carbocycles. The van der Waals surface area contributed by atoms with Gasteiger partial charge in [0, 0.05) is 28.7 Å². The van der Waals surface area contributed by atoms with E-state index in [1.54, 1.807) is 36.4 Å². The van der Waals surface area contributed by atoms with Crippen molar-refractivity contribution < 1.29 is 19.1 Å². The lowest BCUT2D eigenvalue weighted by atomic mass is 10.1. The van der Waals surface area contributed by atoms with Gasteiger partial charge in [0.15, 0.2) is 6.61 Å². The number of esters is 1. The summed E-state index contributed by atoms with van der Waals surface area (Å²) in [5, 5.41) is 4.60. The zero-order valence-corrected chi connectivity index (χ0v) is 18.2. The summed E-state index contributed by atoms with van der Waals surface area (Å²) in [7, 11) is 0. The normalized spacial score (nSPS) is 10.8. The number of Topliss-reactive ketones (excluding diaryl/α,β-unsaturated/α-hetero) is 1. The van der Waals surface area contributed by atoms with Crippen LogP contribution in [0.5, 0.6) is 0 Å². The van der Waals surface area contributed by atoms with Crippen LogP contribution in [-0.2, 0) is 4.74 Å². The molecule has 0 aliphatic heterocycles. The number of benzene rings is 1. The Labute approximate surface area is 179 Å². The van der Waals surface area contributed by atoms with Crippen LogP contribution in [0.15, 0.2) is 47.8 Å². The smallest absolute Gasteiger partial charge is 0.338 e. The fourth-order valence-electron chi connectivity index (χ4n) is 3.44. The van der Waals surface area contributed by atoms with Gasteiger partial charge in [0.05, 0.1) is 10.4 Å². The molecule has 6 nitrogen and oxygen atoms in total. The third-order valence-corrected chi connectivity index (χ3v) is 5.63. The lowest BCUT2D eigenvalue weighted by molar-refractivity contribution is 0.0474. The first kappa shape index (κ1) is 21.5. The maximum Gasteiger partial charge on any atom is 0.338 e. The fraction of sp³-hybridized carbons (Fsp3) is 0.261. The van der Waals surface area contributed by atoms with Gasteiger partial charge in [0.25, 0.3) is 5.91 Å². The first-order valence-corrected chi connectivity index (χ1v) is 10.5. The molecule has 3 rings (SSSR count). The van der Waals surface area contributed by atoms with E-state index < -0.39 is 5.97 Å². The monoisotopic (exact) mass is 424 g/mol. The summed E-state index contributed by atoms with van der Waals surface area (Å²) < 4.78 is 7.29. The molecule has 0 bridgehead atoms. The first-order valence-electron chi connectivity index (χ1n) is 9.61. The summed E-state index contributed by atoms with van der Waals surface area (Å²) in [5.74, 6) is -1.02. The van der Waals surface area contributed by atoms with Gasteiger partial charge < -0.3 is 14.6 Å². The summed E-state index contributed by atoms with van der Waals surface area (Å²) >= 11 is 1.35. The number of nitrogens with one attached hydrogen (secondary N) is 1. The Balaban J connectivity index is 1.59. The molecule has 156 valence electrons. The van der Waals surface area contributed by atoms with Crippen molar-refractivity contribution in [3.8, 4) is 0 Å². The van der Waals surface area contributed by atoms with Crippen molar-refractivity contribution in [2.75, 3.05) is 11.9 Å². The predicted octanol–water partition coefficient (Wildman–Crippen LogP) is 5.04. The minimum absolute atomic E-state index is 0.204. The quantitative estimate of drug-likeness (QED) is 0.426. The number of aryl methyl sites for hydroxylation is 1. The third kappa shape index (κ3) is 4.68. The highest BCUT2D eigenvalue weighted by Gasteiger charge is 2.19. The van der Waals surface area contributed by atoms with Crippen molar-refractivity contribution in [1.82, 2.24) is 4.57 Å². The lowest BCUT2D eigenvalue weighted by Gasteiger charge is -2.13. The van der Waals surface area contributed by atoms with Gasteiger partial charge in [-0.25, -0.2) is 4.79 Å². The van der Waals surface area contributed by atoms with Crippen molar-refractivity contribution >= 4 is 34.7 Å². The van der Waals surface area contributed by atoms with Gasteiger partial charge in [-0.15, -0.1) is 11.3 Å². The molecule has 3 aromatic rings. The van der Waals surface area contributed by atoms with E-state index in [-0.39, 0.29) is 24.3 Å². The molecule has 0 fully saturated rings. The molecule has 1 amide bonds. The topological polar surface area (TPSA) is 77.4 Å². The summed E-state index contributed by atoms with van der Waals surface area (Å²) in [6.07, 6.45) is 0. The van der Waals surface area contributed by atoms with E-state index in [2.05, 4.69) is 23.7 Å². The second-order valence-corrected chi connectivity index (χ2v) is 8.20. The summed E-state index contributed by atoms with van der Waals surface area (Å²) in [6, 6.07) is 12.0. The minimum Gasteiger partial charge on any atom is -0.454 e. The molecule has 1 N–H and O–H groups in total. The number of carbonyl (C=O) groups is 3. The predicted molar refractivity (Wildman–Crippen MR) is 118 cm³/mol. The summed E-state index contributed by atoms with van der Waals surface area (Å²) in [6.45, 7) is 7.64. The Morgan fingerprint density at radius 1 is 1.10 bits per heavy atom. The molecule has 0 unspecified atom stereocenters. The van der Waals surface area contributed by atoms with Crippen molar-refractivity contribution in [1.29, 1.82) is 0 Å². The Morgan fingerprint density at radius 2 is 1.80 bits per heavy atom. The van der Waals surface area contributed by atoms with Gasteiger partial charge in [0.1, 0.15) is 0 Å². The van der Waals surface area contributed by atoms with Crippen LogP contribution in [0, 0.1) is 13.8 Å². The minimum atomic E-state index is -0.586. The zero-order valence-electron chi connectivity index (χ0n) is 17.4. The SMILES string of the molecule is Cc1cc(C(=O)COC(=O)c2ccc(NC(=O)c3cccs3)cc2)c(C)n1C(C)C. The number of nitrogens with zero attached hydrogens (tertiary/aromatic N) is 1. The molecule has 0 aliphatic rings. The van der Waals surface area contributed by atoms with Crippen molar-refractivity contribution in [2.24, 2.45) is 0 Å². The number of ketones is 1. The van der Waals surface area contributed by atoms with Crippen LogP contribution in [-0.4, -0.2) is 28.8 Å². The number of hydrogen-bond acceptors (Lipinski definition) is 5. The van der Waals surface area contributed by atoms with E-state index in [1.165, 1.54) is 11.3 Å². The lowest BCUT2D eigenvalue weighted by Crippen LogP contribution is -2.15. The van der Waals surface area contributed by atoms with Gasteiger partial charge >= 0.3 is 5.97 Å². The largest absolute Gasteiger partial charge is 0.454 e. The van der Waals surface area contributed by atoms with Crippen LogP contribution in [0.4, 0.5) is 5.69 Å². The number of anilines is 1. The summed E-state index contributed by atoms with van der Waals surface area (Å²) in [4.78, 5) is 37.5. The number of hydrogen-bond donors (Lipinski definition) is 1. The molecule has 2 aromatic heterocycles. The maximum absolute atomic E-state index is 12.5. The van der Waals surface area contributed by atoms with Gasteiger partial charge in [-0.1, -0.05) is 6.07 Å². The average Bonchev–Trinajstić information content (AvgIpc) is 3.34. The molecule has 7 heteroatoms. The maximum atomic E-state index is 12.5. The molecule has 2 heterocycles. The van der Waals surface area contributed by atoms with Crippen molar-refractivity contribution in [2.45, 2.75) is 33.7 Å². The zero-order chi connectivity index (χ0) is 21.8. The molecule has 0 atom stereocenters. The van der Waals surface area contributed by atoms with Crippen LogP contribution in [0.25, 0.3) is 0 Å². The van der Waals surface area contributed by atoms with Gasteiger partial charge in [-0.3, -0.25) is 9.59 Å². The van der Waals surface area contributed by atoms with E-state index in [0.29, 0.717) is 21.7 Å². The van der Waals surface area contributed by atoms with Gasteiger partial charge in [0.2, 0.25) is 5.78 Å². The highest BCUT2D eigenvalue weighted by molar-refractivity contribution is 7.12.